The van der Waals surface area contributed by atoms with E-state index in [9.17, 15) is 21.6 Å². The van der Waals surface area contributed by atoms with E-state index in [0.717, 1.165) is 0 Å². The van der Waals surface area contributed by atoms with Crippen LogP contribution in [0.1, 0.15) is 25.8 Å². The average molecular weight is 465 g/mol. The van der Waals surface area contributed by atoms with Crippen LogP contribution in [0, 0.1) is 0 Å². The highest BCUT2D eigenvalue weighted by molar-refractivity contribution is 7.90. The van der Waals surface area contributed by atoms with Crippen molar-refractivity contribution in [3.05, 3.63) is 54.1 Å². The van der Waals surface area contributed by atoms with Gasteiger partial charge in [-0.15, -0.1) is 0 Å². The highest BCUT2D eigenvalue weighted by Crippen LogP contribution is 2.22. The summed E-state index contributed by atoms with van der Waals surface area (Å²) in [7, 11) is -5.70. The van der Waals surface area contributed by atoms with Gasteiger partial charge in [0.1, 0.15) is 5.84 Å². The molecule has 0 aliphatic carbocycles. The lowest BCUT2D eigenvalue weighted by Gasteiger charge is -2.21. The Balaban J connectivity index is 1.61. The molecule has 1 heterocycles. The third-order valence-corrected chi connectivity index (χ3v) is 8.26. The van der Waals surface area contributed by atoms with Crippen molar-refractivity contribution in [2.75, 3.05) is 18.9 Å². The number of nitrogens with one attached hydrogen (secondary N) is 2. The van der Waals surface area contributed by atoms with E-state index < -0.39 is 20.0 Å². The van der Waals surface area contributed by atoms with E-state index in [-0.39, 0.29) is 40.5 Å². The van der Waals surface area contributed by atoms with Crippen molar-refractivity contribution in [1.82, 2.24) is 9.03 Å². The molecule has 2 N–H and O–H groups in total. The summed E-state index contributed by atoms with van der Waals surface area (Å²) in [6.45, 7) is 3.65. The van der Waals surface area contributed by atoms with Crippen LogP contribution in [0.25, 0.3) is 0 Å². The van der Waals surface area contributed by atoms with Gasteiger partial charge >= 0.3 is 0 Å². The predicted molar refractivity (Wildman–Crippen MR) is 118 cm³/mol. The smallest absolute Gasteiger partial charge is 0.263 e. The molecule has 0 radical (unpaired) electrons. The Hall–Kier alpha value is -2.76. The summed E-state index contributed by atoms with van der Waals surface area (Å²) >= 11 is 0. The third kappa shape index (κ3) is 4.94. The van der Waals surface area contributed by atoms with Crippen LogP contribution in [0.3, 0.4) is 0 Å². The van der Waals surface area contributed by atoms with Crippen LogP contribution in [-0.4, -0.2) is 52.5 Å². The Morgan fingerprint density at radius 2 is 1.77 bits per heavy atom. The number of carbonyl (C=O) groups is 1. The van der Waals surface area contributed by atoms with E-state index in [2.05, 4.69) is 15.0 Å². The number of carbonyl (C=O) groups excluding carboxylic acids is 1. The van der Waals surface area contributed by atoms with Crippen LogP contribution in [0.4, 0.5) is 5.69 Å². The maximum atomic E-state index is 12.5. The summed E-state index contributed by atoms with van der Waals surface area (Å²) in [6, 6.07) is 12.2. The van der Waals surface area contributed by atoms with Crippen molar-refractivity contribution in [2.45, 2.75) is 36.1 Å². The van der Waals surface area contributed by atoms with E-state index in [4.69, 9.17) is 0 Å². The van der Waals surface area contributed by atoms with Crippen LogP contribution >= 0.6 is 0 Å². The molecule has 2 aromatic rings. The molecule has 166 valence electrons. The second kappa shape index (κ2) is 8.77. The van der Waals surface area contributed by atoms with E-state index in [1.54, 1.807) is 32.0 Å². The van der Waals surface area contributed by atoms with E-state index in [0.29, 0.717) is 11.3 Å². The molecule has 0 spiro atoms. The van der Waals surface area contributed by atoms with Gasteiger partial charge in [0.25, 0.3) is 10.0 Å². The fourth-order valence-electron chi connectivity index (χ4n) is 2.90. The summed E-state index contributed by atoms with van der Waals surface area (Å²) < 4.78 is 52.7. The molecule has 1 aliphatic rings. The monoisotopic (exact) mass is 464 g/mol. The summed E-state index contributed by atoms with van der Waals surface area (Å²) in [5.41, 5.74) is 0.932. The molecule has 31 heavy (non-hydrogen) atoms. The number of amidine groups is 1. The first-order valence-electron chi connectivity index (χ1n) is 9.57. The van der Waals surface area contributed by atoms with Crippen LogP contribution in [-0.2, 0) is 24.8 Å². The van der Waals surface area contributed by atoms with Crippen LogP contribution in [0.2, 0.25) is 0 Å². The lowest BCUT2D eigenvalue weighted by atomic mass is 10.2. The minimum absolute atomic E-state index is 0.0313. The van der Waals surface area contributed by atoms with Gasteiger partial charge in [-0.3, -0.25) is 14.5 Å². The standard InChI is InChI=1S/C20H24N4O5S2/c1-14(2)24(3)31(28,29)16-10-8-15(9-11-16)22-19(25)12-13-21-20-17-6-4-5-7-18(17)30(26,27)23-20/h4-11,14H,12-13H2,1-3H3,(H,21,23)(H,22,25). The normalized spacial score (nSPS) is 16.4. The van der Waals surface area contributed by atoms with Crippen molar-refractivity contribution >= 4 is 37.5 Å². The quantitative estimate of drug-likeness (QED) is 0.646. The van der Waals surface area contributed by atoms with Gasteiger partial charge in [0.2, 0.25) is 15.9 Å². The zero-order valence-corrected chi connectivity index (χ0v) is 19.0. The molecular formula is C20H24N4O5S2. The first-order valence-corrected chi connectivity index (χ1v) is 12.5. The SMILES string of the molecule is CC(C)N(C)S(=O)(=O)c1ccc(NC(=O)CCN=C2NS(=O)(=O)c3ccccc32)cc1. The van der Waals surface area contributed by atoms with Gasteiger partial charge in [-0.2, -0.15) is 4.31 Å². The number of sulfonamides is 2. The number of benzene rings is 2. The molecule has 0 fully saturated rings. The Bertz CT molecular complexity index is 1220. The molecule has 0 unspecified atom stereocenters. The van der Waals surface area contributed by atoms with Crippen LogP contribution < -0.4 is 10.0 Å². The van der Waals surface area contributed by atoms with Gasteiger partial charge < -0.3 is 5.32 Å². The Labute approximate surface area is 182 Å². The van der Waals surface area contributed by atoms with Gasteiger partial charge in [-0.25, -0.2) is 16.8 Å². The Morgan fingerprint density at radius 3 is 2.42 bits per heavy atom. The van der Waals surface area contributed by atoms with E-state index >= 15 is 0 Å². The molecule has 0 bridgehead atoms. The summed E-state index contributed by atoms with van der Waals surface area (Å²) in [4.78, 5) is 16.7. The first kappa shape index (κ1) is 22.9. The molecule has 11 heteroatoms. The lowest BCUT2D eigenvalue weighted by Crippen LogP contribution is -2.33. The zero-order valence-electron chi connectivity index (χ0n) is 17.4. The fraction of sp³-hybridized carbons (Fsp3) is 0.300. The predicted octanol–water partition coefficient (Wildman–Crippen LogP) is 1.78. The van der Waals surface area contributed by atoms with E-state index in [1.807, 2.05) is 0 Å². The maximum absolute atomic E-state index is 12.5. The topological polar surface area (TPSA) is 125 Å². The molecule has 0 atom stereocenters. The minimum atomic E-state index is -3.62. The molecule has 2 aromatic carbocycles. The number of hydrogen-bond acceptors (Lipinski definition) is 6. The number of fused-ring (bicyclic) bond motifs is 1. The second-order valence-corrected chi connectivity index (χ2v) is 10.9. The second-order valence-electron chi connectivity index (χ2n) is 7.27. The number of hydrogen-bond donors (Lipinski definition) is 2. The summed E-state index contributed by atoms with van der Waals surface area (Å²) in [5, 5.41) is 2.68. The Morgan fingerprint density at radius 1 is 1.13 bits per heavy atom. The van der Waals surface area contributed by atoms with Crippen molar-refractivity contribution in [3.8, 4) is 0 Å². The molecule has 1 amide bonds. The van der Waals surface area contributed by atoms with Gasteiger partial charge in [-0.1, -0.05) is 12.1 Å². The molecule has 0 saturated heterocycles. The maximum Gasteiger partial charge on any atom is 0.263 e. The third-order valence-electron chi connectivity index (χ3n) is 4.81. The van der Waals surface area contributed by atoms with Crippen molar-refractivity contribution in [2.24, 2.45) is 4.99 Å². The van der Waals surface area contributed by atoms with E-state index in [1.165, 1.54) is 41.7 Å². The summed E-state index contributed by atoms with van der Waals surface area (Å²) in [6.07, 6.45) is 0.0313. The number of aliphatic imine (C=N–C) groups is 1. The van der Waals surface area contributed by atoms with Crippen molar-refractivity contribution < 1.29 is 21.6 Å². The highest BCUT2D eigenvalue weighted by Gasteiger charge is 2.30. The van der Waals surface area contributed by atoms with Crippen LogP contribution in [0.15, 0.2) is 63.3 Å². The molecule has 0 saturated carbocycles. The molecule has 3 rings (SSSR count). The van der Waals surface area contributed by atoms with Crippen molar-refractivity contribution in [1.29, 1.82) is 0 Å². The van der Waals surface area contributed by atoms with Gasteiger partial charge in [0.15, 0.2) is 0 Å². The number of amides is 1. The Kier molecular flexibility index (Phi) is 6.48. The number of nitrogens with zero attached hydrogens (tertiary/aromatic N) is 2. The number of anilines is 1. The largest absolute Gasteiger partial charge is 0.326 e. The zero-order chi connectivity index (χ0) is 22.8. The van der Waals surface area contributed by atoms with Crippen LogP contribution in [0.5, 0.6) is 0 Å². The fourth-order valence-corrected chi connectivity index (χ4v) is 5.52. The van der Waals surface area contributed by atoms with Gasteiger partial charge in [0.05, 0.1) is 16.3 Å². The molecule has 9 nitrogen and oxygen atoms in total. The number of rotatable bonds is 7. The first-order chi connectivity index (χ1) is 14.5. The lowest BCUT2D eigenvalue weighted by molar-refractivity contribution is -0.116. The average Bonchev–Trinajstić information content (AvgIpc) is 2.98. The van der Waals surface area contributed by atoms with Gasteiger partial charge in [0, 0.05) is 30.8 Å². The summed E-state index contributed by atoms with van der Waals surface area (Å²) in [5.74, 6) is -0.111. The van der Waals surface area contributed by atoms with Gasteiger partial charge in [-0.05, 0) is 50.2 Å². The molecular weight excluding hydrogens is 440 g/mol. The molecule has 1 aliphatic heterocycles. The molecule has 0 aromatic heterocycles. The highest BCUT2D eigenvalue weighted by atomic mass is 32.2. The van der Waals surface area contributed by atoms with Crippen molar-refractivity contribution in [3.63, 3.8) is 0 Å². The minimum Gasteiger partial charge on any atom is -0.326 e.